The minimum atomic E-state index is -0.0174. The van der Waals surface area contributed by atoms with Crippen LogP contribution in [0.5, 0.6) is 0 Å². The van der Waals surface area contributed by atoms with Crippen LogP contribution in [0.4, 0.5) is 0 Å². The predicted molar refractivity (Wildman–Crippen MR) is 64.6 cm³/mol. The Hall–Kier alpha value is -0.320. The highest BCUT2D eigenvalue weighted by molar-refractivity contribution is 5.85. The van der Waals surface area contributed by atoms with Gasteiger partial charge in [0, 0.05) is 25.0 Å². The van der Waals surface area contributed by atoms with Gasteiger partial charge < -0.3 is 15.4 Å². The topological polar surface area (TPSA) is 55.6 Å². The van der Waals surface area contributed by atoms with E-state index >= 15 is 0 Å². The van der Waals surface area contributed by atoms with Crippen molar-refractivity contribution in [3.05, 3.63) is 0 Å². The Morgan fingerprint density at radius 1 is 1.56 bits per heavy atom. The van der Waals surface area contributed by atoms with E-state index < -0.39 is 0 Å². The standard InChI is InChI=1S/C11H20N2O2.ClH/c1-2-11(3-4-11)10(14)13-5-6-15-9(7-12)8-13;/h9H,2-8,12H2,1H3;1H. The Balaban J connectivity index is 0.00000128. The number of morpholine rings is 1. The van der Waals surface area contributed by atoms with Crippen LogP contribution in [0.2, 0.25) is 0 Å². The zero-order valence-electron chi connectivity index (χ0n) is 9.78. The molecule has 2 rings (SSSR count). The van der Waals surface area contributed by atoms with Crippen molar-refractivity contribution < 1.29 is 9.53 Å². The normalized spacial score (nSPS) is 27.1. The maximum atomic E-state index is 12.2. The van der Waals surface area contributed by atoms with Crippen LogP contribution >= 0.6 is 12.4 Å². The number of amides is 1. The van der Waals surface area contributed by atoms with Crippen molar-refractivity contribution in [3.8, 4) is 0 Å². The second-order valence-electron chi connectivity index (χ2n) is 4.61. The summed E-state index contributed by atoms with van der Waals surface area (Å²) in [5.41, 5.74) is 5.54. The van der Waals surface area contributed by atoms with Crippen LogP contribution < -0.4 is 5.73 Å². The molecule has 2 N–H and O–H groups in total. The molecule has 0 aromatic heterocycles. The third kappa shape index (κ3) is 2.50. The number of halogens is 1. The van der Waals surface area contributed by atoms with E-state index in [1.165, 1.54) is 0 Å². The average Bonchev–Trinajstić information content (AvgIpc) is 3.09. The van der Waals surface area contributed by atoms with Crippen LogP contribution in [0.1, 0.15) is 26.2 Å². The fourth-order valence-electron chi connectivity index (χ4n) is 2.25. The molecule has 0 aromatic carbocycles. The van der Waals surface area contributed by atoms with Gasteiger partial charge in [0.15, 0.2) is 0 Å². The highest BCUT2D eigenvalue weighted by Gasteiger charge is 2.50. The van der Waals surface area contributed by atoms with E-state index in [2.05, 4.69) is 6.92 Å². The molecule has 2 fully saturated rings. The molecule has 1 amide bonds. The van der Waals surface area contributed by atoms with Gasteiger partial charge in [0.1, 0.15) is 0 Å². The van der Waals surface area contributed by atoms with Gasteiger partial charge in [-0.05, 0) is 19.3 Å². The van der Waals surface area contributed by atoms with E-state index in [0.717, 1.165) is 25.8 Å². The fourth-order valence-corrected chi connectivity index (χ4v) is 2.25. The molecule has 1 aliphatic carbocycles. The van der Waals surface area contributed by atoms with E-state index in [1.54, 1.807) is 0 Å². The van der Waals surface area contributed by atoms with Crippen molar-refractivity contribution in [2.45, 2.75) is 32.3 Å². The highest BCUT2D eigenvalue weighted by atomic mass is 35.5. The molecule has 1 aliphatic heterocycles. The van der Waals surface area contributed by atoms with E-state index in [0.29, 0.717) is 25.6 Å². The number of carbonyl (C=O) groups is 1. The molecule has 1 atom stereocenters. The SMILES string of the molecule is CCC1(C(=O)N2CCOC(CN)C2)CC1.Cl. The van der Waals surface area contributed by atoms with Gasteiger partial charge in [-0.25, -0.2) is 0 Å². The number of hydrogen-bond donors (Lipinski definition) is 1. The average molecular weight is 249 g/mol. The summed E-state index contributed by atoms with van der Waals surface area (Å²) >= 11 is 0. The maximum absolute atomic E-state index is 12.2. The summed E-state index contributed by atoms with van der Waals surface area (Å²) in [6, 6.07) is 0. The Labute approximate surface area is 103 Å². The molecule has 0 radical (unpaired) electrons. The Morgan fingerprint density at radius 2 is 2.25 bits per heavy atom. The molecule has 16 heavy (non-hydrogen) atoms. The monoisotopic (exact) mass is 248 g/mol. The van der Waals surface area contributed by atoms with Crippen molar-refractivity contribution in [1.82, 2.24) is 4.90 Å². The van der Waals surface area contributed by atoms with Gasteiger partial charge in [0.2, 0.25) is 5.91 Å². The minimum absolute atomic E-state index is 0. The molecular weight excluding hydrogens is 228 g/mol. The van der Waals surface area contributed by atoms with Crippen LogP contribution in [0.15, 0.2) is 0 Å². The van der Waals surface area contributed by atoms with E-state index in [4.69, 9.17) is 10.5 Å². The Kier molecular flexibility index (Phi) is 4.59. The van der Waals surface area contributed by atoms with Crippen LogP contribution in [0, 0.1) is 5.41 Å². The van der Waals surface area contributed by atoms with Gasteiger partial charge in [-0.2, -0.15) is 0 Å². The molecule has 0 spiro atoms. The van der Waals surface area contributed by atoms with Gasteiger partial charge in [0.25, 0.3) is 0 Å². The second-order valence-corrected chi connectivity index (χ2v) is 4.61. The second kappa shape index (κ2) is 5.34. The Morgan fingerprint density at radius 3 is 2.75 bits per heavy atom. The van der Waals surface area contributed by atoms with Gasteiger partial charge in [-0.15, -0.1) is 12.4 Å². The van der Waals surface area contributed by atoms with Crippen LogP contribution in [-0.2, 0) is 9.53 Å². The summed E-state index contributed by atoms with van der Waals surface area (Å²) in [5, 5.41) is 0. The quantitative estimate of drug-likeness (QED) is 0.803. The number of nitrogens with two attached hydrogens (primary N) is 1. The molecule has 5 heteroatoms. The van der Waals surface area contributed by atoms with Gasteiger partial charge in [0.05, 0.1) is 12.7 Å². The van der Waals surface area contributed by atoms with Crippen molar-refractivity contribution in [2.75, 3.05) is 26.2 Å². The third-order valence-corrected chi connectivity index (χ3v) is 3.67. The van der Waals surface area contributed by atoms with Crippen molar-refractivity contribution in [1.29, 1.82) is 0 Å². The third-order valence-electron chi connectivity index (χ3n) is 3.67. The van der Waals surface area contributed by atoms with Gasteiger partial charge in [-0.3, -0.25) is 4.79 Å². The van der Waals surface area contributed by atoms with Crippen LogP contribution in [-0.4, -0.2) is 43.2 Å². The number of rotatable bonds is 3. The summed E-state index contributed by atoms with van der Waals surface area (Å²) in [5.74, 6) is 0.326. The molecule has 2 aliphatic rings. The summed E-state index contributed by atoms with van der Waals surface area (Å²) < 4.78 is 5.46. The zero-order chi connectivity index (χ0) is 10.9. The number of ether oxygens (including phenoxy) is 1. The first-order valence-corrected chi connectivity index (χ1v) is 5.83. The van der Waals surface area contributed by atoms with E-state index in [-0.39, 0.29) is 23.9 Å². The summed E-state index contributed by atoms with van der Waals surface area (Å²) in [6.45, 7) is 4.65. The first-order chi connectivity index (χ1) is 7.22. The molecule has 1 saturated heterocycles. The minimum Gasteiger partial charge on any atom is -0.373 e. The lowest BCUT2D eigenvalue weighted by molar-refractivity contribution is -0.144. The molecule has 0 aromatic rings. The number of carbonyl (C=O) groups excluding carboxylic acids is 1. The molecule has 0 bridgehead atoms. The van der Waals surface area contributed by atoms with E-state index in [9.17, 15) is 4.79 Å². The first-order valence-electron chi connectivity index (χ1n) is 5.83. The molecule has 1 heterocycles. The largest absolute Gasteiger partial charge is 0.373 e. The lowest BCUT2D eigenvalue weighted by Gasteiger charge is -2.34. The van der Waals surface area contributed by atoms with Crippen molar-refractivity contribution in [3.63, 3.8) is 0 Å². The van der Waals surface area contributed by atoms with Crippen molar-refractivity contribution in [2.24, 2.45) is 11.1 Å². The Bertz CT molecular complexity index is 256. The predicted octanol–water partition coefficient (Wildman–Crippen LogP) is 0.784. The fraction of sp³-hybridized carbons (Fsp3) is 0.909. The molecule has 94 valence electrons. The highest BCUT2D eigenvalue weighted by Crippen LogP contribution is 2.50. The smallest absolute Gasteiger partial charge is 0.228 e. The summed E-state index contributed by atoms with van der Waals surface area (Å²) in [4.78, 5) is 14.1. The van der Waals surface area contributed by atoms with E-state index in [1.807, 2.05) is 4.90 Å². The number of hydrogen-bond acceptors (Lipinski definition) is 3. The summed E-state index contributed by atoms with van der Waals surface area (Å²) in [7, 11) is 0. The van der Waals surface area contributed by atoms with Crippen LogP contribution in [0.25, 0.3) is 0 Å². The van der Waals surface area contributed by atoms with Gasteiger partial charge in [-0.1, -0.05) is 6.92 Å². The lowest BCUT2D eigenvalue weighted by atomic mass is 10.0. The lowest BCUT2D eigenvalue weighted by Crippen LogP contribution is -2.50. The molecular formula is C11H21ClN2O2. The summed E-state index contributed by atoms with van der Waals surface area (Å²) in [6.07, 6.45) is 3.13. The molecule has 4 nitrogen and oxygen atoms in total. The molecule has 1 saturated carbocycles. The maximum Gasteiger partial charge on any atom is 0.228 e. The van der Waals surface area contributed by atoms with Crippen LogP contribution in [0.3, 0.4) is 0 Å². The molecule has 1 unspecified atom stereocenters. The zero-order valence-corrected chi connectivity index (χ0v) is 10.6. The van der Waals surface area contributed by atoms with Gasteiger partial charge >= 0.3 is 0 Å². The number of nitrogens with zero attached hydrogens (tertiary/aromatic N) is 1. The van der Waals surface area contributed by atoms with Crippen molar-refractivity contribution >= 4 is 18.3 Å². The first kappa shape index (κ1) is 13.7.